The zero-order valence-corrected chi connectivity index (χ0v) is 21.0. The molecule has 0 aliphatic carbocycles. The number of hydrogen-bond acceptors (Lipinski definition) is 5. The molecule has 0 amide bonds. The fourth-order valence-corrected chi connectivity index (χ4v) is 3.36. The van der Waals surface area contributed by atoms with Gasteiger partial charge in [0.1, 0.15) is 6.61 Å². The van der Waals surface area contributed by atoms with E-state index < -0.39 is 35.2 Å². The topological polar surface area (TPSA) is 89.9 Å². The van der Waals surface area contributed by atoms with Gasteiger partial charge in [-0.3, -0.25) is 14.4 Å². The monoisotopic (exact) mass is 522 g/mol. The first-order valence-corrected chi connectivity index (χ1v) is 11.3. The molecule has 2 rings (SSSR count). The van der Waals surface area contributed by atoms with E-state index in [4.69, 9.17) is 4.74 Å². The number of esters is 2. The SMILES string of the molecule is C.C.C.C.CC.CC.COC(=O)C(C)C(C(=O)O)C(C)(C)C(=O)OCc1ccc(-c2ccccc2)cc1. The molecule has 1 N–H and O–H groups in total. The van der Waals surface area contributed by atoms with Crippen molar-refractivity contribution in [1.82, 2.24) is 0 Å². The van der Waals surface area contributed by atoms with E-state index in [-0.39, 0.29) is 36.3 Å². The summed E-state index contributed by atoms with van der Waals surface area (Å²) in [6.07, 6.45) is 0. The van der Waals surface area contributed by atoms with Gasteiger partial charge < -0.3 is 14.6 Å². The van der Waals surface area contributed by atoms with Gasteiger partial charge in [-0.1, -0.05) is 119 Å². The van der Waals surface area contributed by atoms with Crippen molar-refractivity contribution in [2.75, 3.05) is 7.11 Å². The maximum Gasteiger partial charge on any atom is 0.312 e. The van der Waals surface area contributed by atoms with Crippen molar-refractivity contribution in [3.8, 4) is 11.1 Å². The number of hydrogen-bond donors (Lipinski definition) is 1. The molecule has 0 spiro atoms. The average Bonchev–Trinajstić information content (AvgIpc) is 2.84. The molecule has 0 aliphatic heterocycles. The van der Waals surface area contributed by atoms with E-state index in [1.165, 1.54) is 27.9 Å². The van der Waals surface area contributed by atoms with Crippen LogP contribution < -0.4 is 0 Å². The largest absolute Gasteiger partial charge is 0.481 e. The molecule has 214 valence electrons. The highest BCUT2D eigenvalue weighted by Gasteiger charge is 2.48. The van der Waals surface area contributed by atoms with Gasteiger partial charge in [0.2, 0.25) is 0 Å². The number of ether oxygens (including phenoxy) is 2. The molecule has 0 saturated carbocycles. The highest BCUT2D eigenvalue weighted by molar-refractivity contribution is 5.88. The number of carboxylic acids is 1. The van der Waals surface area contributed by atoms with Crippen molar-refractivity contribution in [2.45, 2.75) is 84.8 Å². The van der Waals surface area contributed by atoms with Gasteiger partial charge in [-0.25, -0.2) is 0 Å². The summed E-state index contributed by atoms with van der Waals surface area (Å²) in [4.78, 5) is 36.2. The summed E-state index contributed by atoms with van der Waals surface area (Å²) >= 11 is 0. The van der Waals surface area contributed by atoms with E-state index >= 15 is 0 Å². The number of carboxylic acid groups (broad SMARTS) is 1. The first kappa shape index (κ1) is 43.9. The van der Waals surface area contributed by atoms with Gasteiger partial charge in [0.05, 0.1) is 24.4 Å². The third kappa shape index (κ3) is 12.6. The van der Waals surface area contributed by atoms with Crippen molar-refractivity contribution >= 4 is 17.9 Å². The molecule has 37 heavy (non-hydrogen) atoms. The van der Waals surface area contributed by atoms with E-state index in [2.05, 4.69) is 4.74 Å². The molecule has 0 aliphatic rings. The lowest BCUT2D eigenvalue weighted by Crippen LogP contribution is -2.44. The molecule has 2 unspecified atom stereocenters. The van der Waals surface area contributed by atoms with Crippen LogP contribution in [0.25, 0.3) is 11.1 Å². The van der Waals surface area contributed by atoms with Crippen LogP contribution in [0.4, 0.5) is 0 Å². The summed E-state index contributed by atoms with van der Waals surface area (Å²) in [6.45, 7) is 12.4. The zero-order chi connectivity index (χ0) is 25.6. The standard InChI is InChI=1S/C23H26O6.2C2H6.4CH4/c1-15(21(26)28-4)19(20(24)25)23(2,3)22(27)29-14-16-10-12-18(13-11-16)17-8-6-5-7-9-17;2*1-2;;;;/h5-13,15,19H,14H2,1-4H3,(H,24,25);2*1-2H3;4*1H4. The van der Waals surface area contributed by atoms with Crippen molar-refractivity contribution in [3.05, 3.63) is 60.2 Å². The predicted molar refractivity (Wildman–Crippen MR) is 157 cm³/mol. The molecule has 0 heterocycles. The fourth-order valence-electron chi connectivity index (χ4n) is 3.36. The third-order valence-electron chi connectivity index (χ3n) is 5.07. The lowest BCUT2D eigenvalue weighted by Gasteiger charge is -2.32. The maximum atomic E-state index is 12.7. The van der Waals surface area contributed by atoms with Crippen molar-refractivity contribution in [2.24, 2.45) is 17.3 Å². The molecule has 2 atom stereocenters. The highest BCUT2D eigenvalue weighted by atomic mass is 16.5. The Morgan fingerprint density at radius 1 is 0.811 bits per heavy atom. The summed E-state index contributed by atoms with van der Waals surface area (Å²) < 4.78 is 10.0. The van der Waals surface area contributed by atoms with Gasteiger partial charge in [-0.2, -0.15) is 0 Å². The first-order chi connectivity index (χ1) is 15.7. The number of benzene rings is 2. The van der Waals surface area contributed by atoms with E-state index in [0.29, 0.717) is 0 Å². The van der Waals surface area contributed by atoms with E-state index in [0.717, 1.165) is 16.7 Å². The second-order valence-corrected chi connectivity index (χ2v) is 7.49. The molecular weight excluding hydrogens is 468 g/mol. The first-order valence-electron chi connectivity index (χ1n) is 11.3. The number of carbonyl (C=O) groups is 3. The van der Waals surface area contributed by atoms with Crippen LogP contribution in [0.2, 0.25) is 0 Å². The predicted octanol–water partition coefficient (Wildman–Crippen LogP) is 8.53. The quantitative estimate of drug-likeness (QED) is 0.349. The molecule has 0 bridgehead atoms. The Hall–Kier alpha value is -3.15. The van der Waals surface area contributed by atoms with Crippen LogP contribution in [0.5, 0.6) is 0 Å². The Morgan fingerprint density at radius 3 is 1.65 bits per heavy atom. The van der Waals surface area contributed by atoms with Crippen LogP contribution >= 0.6 is 0 Å². The van der Waals surface area contributed by atoms with Gasteiger partial charge in [0, 0.05) is 0 Å². The zero-order valence-electron chi connectivity index (χ0n) is 21.0. The van der Waals surface area contributed by atoms with Crippen molar-refractivity contribution in [3.63, 3.8) is 0 Å². The summed E-state index contributed by atoms with van der Waals surface area (Å²) in [6, 6.07) is 17.5. The van der Waals surface area contributed by atoms with Gasteiger partial charge >= 0.3 is 17.9 Å². The van der Waals surface area contributed by atoms with Gasteiger partial charge in [-0.05, 0) is 30.5 Å². The van der Waals surface area contributed by atoms with Crippen LogP contribution in [-0.2, 0) is 30.5 Å². The minimum absolute atomic E-state index is 0. The van der Waals surface area contributed by atoms with E-state index in [9.17, 15) is 19.5 Å². The number of methoxy groups -OCH3 is 1. The van der Waals surface area contributed by atoms with E-state index in [1.54, 1.807) is 0 Å². The van der Waals surface area contributed by atoms with Crippen molar-refractivity contribution < 1.29 is 29.0 Å². The summed E-state index contributed by atoms with van der Waals surface area (Å²) in [5.41, 5.74) is 1.49. The van der Waals surface area contributed by atoms with Gasteiger partial charge in [-0.15, -0.1) is 0 Å². The van der Waals surface area contributed by atoms with Gasteiger partial charge in [0.15, 0.2) is 0 Å². The van der Waals surface area contributed by atoms with Crippen LogP contribution in [0, 0.1) is 17.3 Å². The van der Waals surface area contributed by atoms with Crippen LogP contribution in [0.1, 0.15) is 83.7 Å². The normalized spacial score (nSPS) is 10.7. The summed E-state index contributed by atoms with van der Waals surface area (Å²) in [7, 11) is 1.18. The summed E-state index contributed by atoms with van der Waals surface area (Å²) in [5.74, 6) is -4.90. The number of aliphatic carboxylic acids is 1. The highest BCUT2D eigenvalue weighted by Crippen LogP contribution is 2.35. The van der Waals surface area contributed by atoms with E-state index in [1.807, 2.05) is 82.3 Å². The lowest BCUT2D eigenvalue weighted by atomic mass is 9.72. The number of rotatable bonds is 8. The second-order valence-electron chi connectivity index (χ2n) is 7.49. The van der Waals surface area contributed by atoms with Gasteiger partial charge in [0.25, 0.3) is 0 Å². The minimum atomic E-state index is -1.41. The van der Waals surface area contributed by atoms with Crippen LogP contribution in [0.15, 0.2) is 54.6 Å². The smallest absolute Gasteiger partial charge is 0.312 e. The van der Waals surface area contributed by atoms with Crippen molar-refractivity contribution in [1.29, 1.82) is 0 Å². The second kappa shape index (κ2) is 22.1. The number of carbonyl (C=O) groups excluding carboxylic acids is 2. The molecule has 2 aromatic rings. The molecule has 6 nitrogen and oxygen atoms in total. The Balaban J connectivity index is -0.000000406. The molecular formula is C31H54O6. The Bertz CT molecular complexity index is 857. The maximum absolute atomic E-state index is 12.7. The average molecular weight is 523 g/mol. The lowest BCUT2D eigenvalue weighted by molar-refractivity contribution is -0.172. The Labute approximate surface area is 227 Å². The Kier molecular flexibility index (Phi) is 26.2. The Morgan fingerprint density at radius 2 is 1.24 bits per heavy atom. The minimum Gasteiger partial charge on any atom is -0.481 e. The molecule has 0 fully saturated rings. The van der Waals surface area contributed by atoms with Crippen LogP contribution in [0.3, 0.4) is 0 Å². The fraction of sp³-hybridized carbons (Fsp3) is 0.516. The molecule has 2 aromatic carbocycles. The molecule has 0 saturated heterocycles. The molecule has 0 radical (unpaired) electrons. The third-order valence-corrected chi connectivity index (χ3v) is 5.07. The van der Waals surface area contributed by atoms with Crippen LogP contribution in [-0.4, -0.2) is 30.1 Å². The molecule has 0 aromatic heterocycles. The molecule has 6 heteroatoms. The summed E-state index contributed by atoms with van der Waals surface area (Å²) in [5, 5.41) is 9.58.